The third kappa shape index (κ3) is 4.54. The van der Waals surface area contributed by atoms with E-state index in [1.807, 2.05) is 0 Å². The first-order chi connectivity index (χ1) is 8.97. The monoisotopic (exact) mass is 266 g/mol. The molecule has 1 unspecified atom stereocenters. The van der Waals surface area contributed by atoms with Crippen LogP contribution in [-0.4, -0.2) is 18.0 Å². The van der Waals surface area contributed by atoms with E-state index < -0.39 is 0 Å². The van der Waals surface area contributed by atoms with E-state index >= 15 is 0 Å². The summed E-state index contributed by atoms with van der Waals surface area (Å²) in [7, 11) is 0. The molecule has 0 aliphatic carbocycles. The normalized spacial score (nSPS) is 12.3. The zero-order chi connectivity index (χ0) is 14.4. The molecule has 19 heavy (non-hydrogen) atoms. The summed E-state index contributed by atoms with van der Waals surface area (Å²) < 4.78 is 13.2. The van der Waals surface area contributed by atoms with E-state index in [9.17, 15) is 9.18 Å². The van der Waals surface area contributed by atoms with Gasteiger partial charge in [-0.1, -0.05) is 13.8 Å². The molecule has 0 aromatic heterocycles. The minimum atomic E-state index is -0.342. The van der Waals surface area contributed by atoms with Crippen molar-refractivity contribution in [3.05, 3.63) is 29.6 Å². The second-order valence-electron chi connectivity index (χ2n) is 4.85. The Balaban J connectivity index is 2.60. The highest BCUT2D eigenvalue weighted by molar-refractivity contribution is 5.84. The Kier molecular flexibility index (Phi) is 5.80. The van der Waals surface area contributed by atoms with Gasteiger partial charge in [0.25, 0.3) is 0 Å². The maximum Gasteiger partial charge on any atom is 0.242 e. The van der Waals surface area contributed by atoms with E-state index in [1.165, 1.54) is 6.07 Å². The number of hydrogen-bond acceptors (Lipinski definition) is 2. The summed E-state index contributed by atoms with van der Waals surface area (Å²) in [4.78, 5) is 12.0. The number of benzene rings is 1. The van der Waals surface area contributed by atoms with Gasteiger partial charge in [-0.25, -0.2) is 4.39 Å². The Bertz CT molecular complexity index is 430. The number of aryl methyl sites for hydroxylation is 1. The van der Waals surface area contributed by atoms with Gasteiger partial charge in [0.15, 0.2) is 0 Å². The molecule has 0 radical (unpaired) electrons. The molecule has 106 valence electrons. The van der Waals surface area contributed by atoms with E-state index in [4.69, 9.17) is 0 Å². The van der Waals surface area contributed by atoms with Crippen LogP contribution in [0.5, 0.6) is 0 Å². The molecular formula is C15H23FN2O. The van der Waals surface area contributed by atoms with Gasteiger partial charge in [-0.2, -0.15) is 0 Å². The first kappa shape index (κ1) is 15.5. The van der Waals surface area contributed by atoms with Gasteiger partial charge in [-0.15, -0.1) is 0 Å². The molecule has 0 aliphatic rings. The molecule has 2 N–H and O–H groups in total. The molecule has 0 saturated heterocycles. The number of nitrogens with one attached hydrogen (secondary N) is 2. The van der Waals surface area contributed by atoms with Gasteiger partial charge in [0.1, 0.15) is 11.9 Å². The maximum atomic E-state index is 13.2. The van der Waals surface area contributed by atoms with E-state index in [-0.39, 0.29) is 23.8 Å². The molecule has 0 aliphatic heterocycles. The molecule has 0 heterocycles. The van der Waals surface area contributed by atoms with Gasteiger partial charge in [0.05, 0.1) is 0 Å². The lowest BCUT2D eigenvalue weighted by Gasteiger charge is -2.20. The quantitative estimate of drug-likeness (QED) is 0.830. The minimum absolute atomic E-state index is 0.0318. The van der Waals surface area contributed by atoms with Crippen LogP contribution in [-0.2, 0) is 4.79 Å². The van der Waals surface area contributed by atoms with Crippen molar-refractivity contribution in [2.45, 2.75) is 52.6 Å². The molecule has 0 spiro atoms. The highest BCUT2D eigenvalue weighted by Crippen LogP contribution is 2.14. The lowest BCUT2D eigenvalue weighted by atomic mass is 10.1. The first-order valence-corrected chi connectivity index (χ1v) is 6.81. The number of hydrogen-bond donors (Lipinski definition) is 2. The number of carbonyl (C=O) groups excluding carboxylic acids is 1. The second kappa shape index (κ2) is 7.12. The Labute approximate surface area is 114 Å². The number of anilines is 1. The fraction of sp³-hybridized carbons (Fsp3) is 0.533. The van der Waals surface area contributed by atoms with E-state index in [0.29, 0.717) is 5.56 Å². The van der Waals surface area contributed by atoms with E-state index in [1.54, 1.807) is 26.0 Å². The van der Waals surface area contributed by atoms with Crippen molar-refractivity contribution in [1.29, 1.82) is 0 Å². The fourth-order valence-electron chi connectivity index (χ4n) is 1.87. The molecule has 1 amide bonds. The van der Waals surface area contributed by atoms with Gasteiger partial charge in [0.2, 0.25) is 5.91 Å². The van der Waals surface area contributed by atoms with Crippen molar-refractivity contribution in [3.8, 4) is 0 Å². The zero-order valence-electron chi connectivity index (χ0n) is 12.1. The van der Waals surface area contributed by atoms with Crippen LogP contribution in [0.2, 0.25) is 0 Å². The van der Waals surface area contributed by atoms with Crippen LogP contribution >= 0.6 is 0 Å². The standard InChI is InChI=1S/C15H23FN2O/c1-5-12(6-2)18-15(19)11(4)17-13-7-8-14(16)10(3)9-13/h7-9,11-12,17H,5-6H2,1-4H3,(H,18,19). The molecule has 1 aromatic carbocycles. The van der Waals surface area contributed by atoms with Gasteiger partial charge in [-0.05, 0) is 50.5 Å². The van der Waals surface area contributed by atoms with Crippen LogP contribution < -0.4 is 10.6 Å². The molecule has 3 nitrogen and oxygen atoms in total. The van der Waals surface area contributed by atoms with Crippen molar-refractivity contribution in [1.82, 2.24) is 5.32 Å². The highest BCUT2D eigenvalue weighted by Gasteiger charge is 2.15. The zero-order valence-corrected chi connectivity index (χ0v) is 12.1. The Morgan fingerprint density at radius 3 is 2.47 bits per heavy atom. The maximum absolute atomic E-state index is 13.2. The topological polar surface area (TPSA) is 41.1 Å². The molecule has 0 fully saturated rings. The van der Waals surface area contributed by atoms with Gasteiger partial charge < -0.3 is 10.6 Å². The van der Waals surface area contributed by atoms with Crippen LogP contribution in [0.1, 0.15) is 39.2 Å². The summed E-state index contributed by atoms with van der Waals surface area (Å²) in [5, 5.41) is 6.07. The smallest absolute Gasteiger partial charge is 0.242 e. The van der Waals surface area contributed by atoms with Crippen molar-refractivity contribution in [3.63, 3.8) is 0 Å². The second-order valence-corrected chi connectivity index (χ2v) is 4.85. The van der Waals surface area contributed by atoms with Crippen LogP contribution in [0.4, 0.5) is 10.1 Å². The molecule has 0 bridgehead atoms. The molecular weight excluding hydrogens is 243 g/mol. The Morgan fingerprint density at radius 1 is 1.32 bits per heavy atom. The Morgan fingerprint density at radius 2 is 1.95 bits per heavy atom. The van der Waals surface area contributed by atoms with E-state index in [0.717, 1.165) is 18.5 Å². The fourth-order valence-corrected chi connectivity index (χ4v) is 1.87. The van der Waals surface area contributed by atoms with Crippen LogP contribution in [0.3, 0.4) is 0 Å². The predicted octanol–water partition coefficient (Wildman–Crippen LogP) is 3.24. The highest BCUT2D eigenvalue weighted by atomic mass is 19.1. The summed E-state index contributed by atoms with van der Waals surface area (Å²) in [6.45, 7) is 7.61. The average molecular weight is 266 g/mol. The van der Waals surface area contributed by atoms with Crippen molar-refractivity contribution in [2.75, 3.05) is 5.32 Å². The third-order valence-electron chi connectivity index (χ3n) is 3.27. The molecule has 1 atom stereocenters. The van der Waals surface area contributed by atoms with E-state index in [2.05, 4.69) is 24.5 Å². The van der Waals surface area contributed by atoms with Crippen molar-refractivity contribution < 1.29 is 9.18 Å². The minimum Gasteiger partial charge on any atom is -0.374 e. The SMILES string of the molecule is CCC(CC)NC(=O)C(C)Nc1ccc(F)c(C)c1. The summed E-state index contributed by atoms with van der Waals surface area (Å²) in [6.07, 6.45) is 1.84. The Hall–Kier alpha value is -1.58. The summed E-state index contributed by atoms with van der Waals surface area (Å²) in [5.74, 6) is -0.268. The van der Waals surface area contributed by atoms with Gasteiger partial charge in [-0.3, -0.25) is 4.79 Å². The molecule has 1 aromatic rings. The summed E-state index contributed by atoms with van der Waals surface area (Å²) >= 11 is 0. The largest absolute Gasteiger partial charge is 0.374 e. The summed E-state index contributed by atoms with van der Waals surface area (Å²) in [6, 6.07) is 4.63. The predicted molar refractivity (Wildman–Crippen MR) is 76.7 cm³/mol. The van der Waals surface area contributed by atoms with Crippen molar-refractivity contribution >= 4 is 11.6 Å². The number of amides is 1. The molecule has 0 saturated carbocycles. The summed E-state index contributed by atoms with van der Waals surface area (Å²) in [5.41, 5.74) is 1.32. The van der Waals surface area contributed by atoms with Crippen LogP contribution in [0.25, 0.3) is 0 Å². The van der Waals surface area contributed by atoms with Gasteiger partial charge >= 0.3 is 0 Å². The first-order valence-electron chi connectivity index (χ1n) is 6.81. The average Bonchev–Trinajstić information content (AvgIpc) is 2.39. The molecule has 1 rings (SSSR count). The lowest BCUT2D eigenvalue weighted by molar-refractivity contribution is -0.122. The van der Waals surface area contributed by atoms with Crippen LogP contribution in [0.15, 0.2) is 18.2 Å². The molecule has 4 heteroatoms. The number of rotatable bonds is 6. The third-order valence-corrected chi connectivity index (χ3v) is 3.27. The number of carbonyl (C=O) groups is 1. The van der Waals surface area contributed by atoms with Crippen LogP contribution in [0, 0.1) is 12.7 Å². The van der Waals surface area contributed by atoms with Crippen molar-refractivity contribution in [2.24, 2.45) is 0 Å². The number of halogens is 1. The van der Waals surface area contributed by atoms with Gasteiger partial charge in [0, 0.05) is 11.7 Å². The lowest BCUT2D eigenvalue weighted by Crippen LogP contribution is -2.42.